The molecule has 2 N–H and O–H groups in total. The lowest BCUT2D eigenvalue weighted by Crippen LogP contribution is -2.41. The van der Waals surface area contributed by atoms with Gasteiger partial charge >= 0.3 is 0 Å². The van der Waals surface area contributed by atoms with Gasteiger partial charge in [-0.05, 0) is 37.1 Å². The number of anilines is 2. The van der Waals surface area contributed by atoms with E-state index < -0.39 is 0 Å². The highest BCUT2D eigenvalue weighted by atomic mass is 16.3. The summed E-state index contributed by atoms with van der Waals surface area (Å²) in [5.74, 6) is 0.00445. The number of carbonyl (C=O) groups is 1. The third-order valence-electron chi connectivity index (χ3n) is 2.96. The van der Waals surface area contributed by atoms with Gasteiger partial charge in [0.2, 0.25) is 5.91 Å². The van der Waals surface area contributed by atoms with Crippen LogP contribution in [0.1, 0.15) is 11.1 Å². The molecule has 0 aliphatic carbocycles. The Morgan fingerprint density at radius 3 is 2.75 bits per heavy atom. The second kappa shape index (κ2) is 4.14. The van der Waals surface area contributed by atoms with Crippen molar-refractivity contribution in [2.45, 2.75) is 13.8 Å². The molecule has 2 rings (SSSR count). The standard InChI is InChI=1S/C12H16N2O2/c1-8-5-10-11(6-9(8)2)14(3-4-15)12(16)7-13-10/h5-6,13,15H,3-4,7H2,1-2H3. The van der Waals surface area contributed by atoms with Gasteiger partial charge in [0.15, 0.2) is 0 Å². The summed E-state index contributed by atoms with van der Waals surface area (Å²) in [5.41, 5.74) is 4.19. The number of rotatable bonds is 2. The lowest BCUT2D eigenvalue weighted by molar-refractivity contribution is -0.117. The van der Waals surface area contributed by atoms with E-state index in [9.17, 15) is 4.79 Å². The molecule has 1 aromatic rings. The predicted molar refractivity (Wildman–Crippen MR) is 63.8 cm³/mol. The molecule has 1 aliphatic heterocycles. The van der Waals surface area contributed by atoms with E-state index in [1.807, 2.05) is 26.0 Å². The third-order valence-corrected chi connectivity index (χ3v) is 2.96. The van der Waals surface area contributed by atoms with E-state index in [-0.39, 0.29) is 12.5 Å². The molecular weight excluding hydrogens is 204 g/mol. The molecule has 0 radical (unpaired) electrons. The van der Waals surface area contributed by atoms with Crippen molar-refractivity contribution in [1.29, 1.82) is 0 Å². The van der Waals surface area contributed by atoms with Gasteiger partial charge in [0.05, 0.1) is 24.5 Å². The topological polar surface area (TPSA) is 52.6 Å². The van der Waals surface area contributed by atoms with Crippen LogP contribution in [0.2, 0.25) is 0 Å². The minimum atomic E-state index is -0.0158. The van der Waals surface area contributed by atoms with Crippen molar-refractivity contribution in [2.24, 2.45) is 0 Å². The van der Waals surface area contributed by atoms with Crippen molar-refractivity contribution in [3.05, 3.63) is 23.3 Å². The molecule has 1 amide bonds. The molecule has 0 aromatic heterocycles. The van der Waals surface area contributed by atoms with Gasteiger partial charge in [0.25, 0.3) is 0 Å². The highest BCUT2D eigenvalue weighted by Crippen LogP contribution is 2.31. The average Bonchev–Trinajstić information content (AvgIpc) is 2.25. The molecule has 0 bridgehead atoms. The normalized spacial score (nSPS) is 14.7. The first kappa shape index (κ1) is 11.0. The van der Waals surface area contributed by atoms with E-state index in [0.29, 0.717) is 13.1 Å². The Morgan fingerprint density at radius 2 is 2.06 bits per heavy atom. The summed E-state index contributed by atoms with van der Waals surface area (Å²) >= 11 is 0. The van der Waals surface area contributed by atoms with Crippen LogP contribution in [-0.4, -0.2) is 30.7 Å². The number of nitrogens with one attached hydrogen (secondary N) is 1. The zero-order valence-corrected chi connectivity index (χ0v) is 9.58. The summed E-state index contributed by atoms with van der Waals surface area (Å²) in [7, 11) is 0. The Morgan fingerprint density at radius 1 is 1.38 bits per heavy atom. The van der Waals surface area contributed by atoms with Crippen LogP contribution in [-0.2, 0) is 4.79 Å². The van der Waals surface area contributed by atoms with Crippen molar-refractivity contribution in [1.82, 2.24) is 0 Å². The van der Waals surface area contributed by atoms with Crippen LogP contribution in [0.25, 0.3) is 0 Å². The molecule has 1 heterocycles. The summed E-state index contributed by atoms with van der Waals surface area (Å²) < 4.78 is 0. The Bertz CT molecular complexity index is 429. The summed E-state index contributed by atoms with van der Waals surface area (Å²) in [4.78, 5) is 13.3. The number of aliphatic hydroxyl groups excluding tert-OH is 1. The number of carbonyl (C=O) groups excluding carboxylic acids is 1. The van der Waals surface area contributed by atoms with Crippen molar-refractivity contribution < 1.29 is 9.90 Å². The van der Waals surface area contributed by atoms with Crippen LogP contribution in [0.5, 0.6) is 0 Å². The Labute approximate surface area is 94.9 Å². The van der Waals surface area contributed by atoms with Gasteiger partial charge in [-0.1, -0.05) is 0 Å². The van der Waals surface area contributed by atoms with Crippen molar-refractivity contribution in [3.8, 4) is 0 Å². The van der Waals surface area contributed by atoms with Crippen LogP contribution in [0, 0.1) is 13.8 Å². The average molecular weight is 220 g/mol. The Kier molecular flexibility index (Phi) is 2.83. The molecule has 0 saturated carbocycles. The maximum Gasteiger partial charge on any atom is 0.246 e. The maximum absolute atomic E-state index is 11.7. The van der Waals surface area contributed by atoms with Crippen LogP contribution in [0.4, 0.5) is 11.4 Å². The van der Waals surface area contributed by atoms with Gasteiger partial charge < -0.3 is 15.3 Å². The van der Waals surface area contributed by atoms with E-state index in [1.165, 1.54) is 5.56 Å². The smallest absolute Gasteiger partial charge is 0.246 e. The first-order valence-corrected chi connectivity index (χ1v) is 5.40. The number of aliphatic hydroxyl groups is 1. The Balaban J connectivity index is 2.46. The molecule has 1 aliphatic rings. The van der Waals surface area contributed by atoms with Crippen LogP contribution in [0.3, 0.4) is 0 Å². The number of nitrogens with zero attached hydrogens (tertiary/aromatic N) is 1. The number of amides is 1. The summed E-state index contributed by atoms with van der Waals surface area (Å²) in [6.45, 7) is 4.71. The summed E-state index contributed by atoms with van der Waals surface area (Å²) in [6, 6.07) is 4.03. The number of β-amino-alcohol motifs (C(OH)–C–C–N with tert-alkyl or cyclic N) is 1. The van der Waals surface area contributed by atoms with Gasteiger partial charge in [-0.3, -0.25) is 4.79 Å². The van der Waals surface area contributed by atoms with Crippen molar-refractivity contribution >= 4 is 17.3 Å². The molecule has 16 heavy (non-hydrogen) atoms. The number of hydrogen-bond acceptors (Lipinski definition) is 3. The predicted octanol–water partition coefficient (Wildman–Crippen LogP) is 1.05. The third kappa shape index (κ3) is 1.76. The largest absolute Gasteiger partial charge is 0.395 e. The molecule has 0 saturated heterocycles. The lowest BCUT2D eigenvalue weighted by atomic mass is 10.1. The fourth-order valence-corrected chi connectivity index (χ4v) is 1.91. The molecule has 0 unspecified atom stereocenters. The van der Waals surface area contributed by atoms with Crippen molar-refractivity contribution in [2.75, 3.05) is 29.9 Å². The first-order valence-electron chi connectivity index (χ1n) is 5.40. The van der Waals surface area contributed by atoms with Gasteiger partial charge in [0.1, 0.15) is 0 Å². The second-order valence-electron chi connectivity index (χ2n) is 4.08. The maximum atomic E-state index is 11.7. The van der Waals surface area contributed by atoms with Gasteiger partial charge in [0, 0.05) is 6.54 Å². The van der Waals surface area contributed by atoms with Crippen LogP contribution >= 0.6 is 0 Å². The van der Waals surface area contributed by atoms with Crippen LogP contribution < -0.4 is 10.2 Å². The number of benzene rings is 1. The van der Waals surface area contributed by atoms with Crippen molar-refractivity contribution in [3.63, 3.8) is 0 Å². The Hall–Kier alpha value is -1.55. The van der Waals surface area contributed by atoms with E-state index >= 15 is 0 Å². The molecule has 4 nitrogen and oxygen atoms in total. The van der Waals surface area contributed by atoms with Gasteiger partial charge in [-0.2, -0.15) is 0 Å². The quantitative estimate of drug-likeness (QED) is 0.783. The van der Waals surface area contributed by atoms with Gasteiger partial charge in [-0.25, -0.2) is 0 Å². The highest BCUT2D eigenvalue weighted by molar-refractivity contribution is 6.02. The molecule has 4 heteroatoms. The zero-order chi connectivity index (χ0) is 11.7. The first-order chi connectivity index (χ1) is 7.63. The minimum absolute atomic E-state index is 0.00445. The molecule has 86 valence electrons. The molecule has 0 spiro atoms. The van der Waals surface area contributed by atoms with E-state index in [0.717, 1.165) is 16.9 Å². The molecule has 1 aromatic carbocycles. The van der Waals surface area contributed by atoms with E-state index in [2.05, 4.69) is 5.32 Å². The highest BCUT2D eigenvalue weighted by Gasteiger charge is 2.23. The van der Waals surface area contributed by atoms with E-state index in [1.54, 1.807) is 4.90 Å². The molecule has 0 atom stereocenters. The number of hydrogen-bond donors (Lipinski definition) is 2. The fraction of sp³-hybridized carbons (Fsp3) is 0.417. The zero-order valence-electron chi connectivity index (χ0n) is 9.58. The second-order valence-corrected chi connectivity index (χ2v) is 4.08. The van der Waals surface area contributed by atoms with Crippen LogP contribution in [0.15, 0.2) is 12.1 Å². The number of fused-ring (bicyclic) bond motifs is 1. The number of aryl methyl sites for hydroxylation is 2. The lowest BCUT2D eigenvalue weighted by Gasteiger charge is -2.30. The fourth-order valence-electron chi connectivity index (χ4n) is 1.91. The summed E-state index contributed by atoms with van der Waals surface area (Å²) in [6.07, 6.45) is 0. The monoisotopic (exact) mass is 220 g/mol. The SMILES string of the molecule is Cc1cc2c(cc1C)N(CCO)C(=O)CN2. The molecule has 0 fully saturated rings. The minimum Gasteiger partial charge on any atom is -0.395 e. The van der Waals surface area contributed by atoms with E-state index in [4.69, 9.17) is 5.11 Å². The summed E-state index contributed by atoms with van der Waals surface area (Å²) in [5, 5.41) is 12.1. The molecular formula is C12H16N2O2. The van der Waals surface area contributed by atoms with Gasteiger partial charge in [-0.15, -0.1) is 0 Å².